The molecule has 3 heterocycles. The fraction of sp³-hybridized carbons (Fsp3) is 0.368. The van der Waals surface area contributed by atoms with Gasteiger partial charge in [0.15, 0.2) is 46.2 Å². The third-order valence-electron chi connectivity index (χ3n) is 9.35. The Bertz CT molecular complexity index is 2130. The molecule has 0 aromatic heterocycles. The van der Waals surface area contributed by atoms with E-state index >= 15 is 0 Å². The maximum absolute atomic E-state index is 12.5. The highest BCUT2D eigenvalue weighted by molar-refractivity contribution is 5.87. The topological polar surface area (TPSA) is 314 Å². The number of rotatable bonds is 12. The van der Waals surface area contributed by atoms with Gasteiger partial charge in [-0.25, -0.2) is 4.79 Å². The molecule has 2 aromatic rings. The van der Waals surface area contributed by atoms with Crippen molar-refractivity contribution in [1.82, 2.24) is 0 Å². The monoisotopic (exact) mass is 816 g/mol. The van der Waals surface area contributed by atoms with Crippen molar-refractivity contribution in [2.75, 3.05) is 27.4 Å². The largest absolute Gasteiger partial charge is 0.507 e. The molecule has 58 heavy (non-hydrogen) atoms. The summed E-state index contributed by atoms with van der Waals surface area (Å²) in [5, 5.41) is 105. The molecule has 0 amide bonds. The van der Waals surface area contributed by atoms with E-state index in [-0.39, 0.29) is 45.6 Å². The lowest BCUT2D eigenvalue weighted by Crippen LogP contribution is -2.62. The van der Waals surface area contributed by atoms with Crippen LogP contribution in [-0.2, 0) is 23.7 Å². The molecule has 312 valence electrons. The maximum atomic E-state index is 12.5. The first kappa shape index (κ1) is 41.9. The minimum absolute atomic E-state index is 0.0220. The van der Waals surface area contributed by atoms with E-state index in [0.29, 0.717) is 5.56 Å². The third-order valence-corrected chi connectivity index (χ3v) is 9.35. The zero-order chi connectivity index (χ0) is 42.0. The van der Waals surface area contributed by atoms with Crippen molar-refractivity contribution in [3.8, 4) is 62.9 Å². The van der Waals surface area contributed by atoms with Crippen LogP contribution in [-0.4, -0.2) is 146 Å². The summed E-state index contributed by atoms with van der Waals surface area (Å²) in [4.78, 5) is 24.6. The molecule has 20 nitrogen and oxygen atoms in total. The van der Waals surface area contributed by atoms with Gasteiger partial charge in [0.1, 0.15) is 66.9 Å². The second-order valence-corrected chi connectivity index (χ2v) is 13.2. The van der Waals surface area contributed by atoms with Crippen molar-refractivity contribution in [3.05, 3.63) is 70.4 Å². The fourth-order valence-electron chi connectivity index (χ4n) is 6.17. The number of fused-ring (bicyclic) bond motifs is 1. The van der Waals surface area contributed by atoms with Crippen LogP contribution in [0.4, 0.5) is 0 Å². The Morgan fingerprint density at radius 1 is 0.690 bits per heavy atom. The molecule has 6 rings (SSSR count). The molecule has 10 unspecified atom stereocenters. The molecule has 2 aromatic carbocycles. The van der Waals surface area contributed by atoms with E-state index < -0.39 is 103 Å². The standard InChI is InChI=1S/C38H40O20/c1-51-23-7-15(8-24(52-2)29(23)44)3-6-28(43)53-13-26-30(45)32(47)34(49)37(57-26)54-14-27-31(46)33(48)35(50)38(58-27)56-25-12-18-20(41)10-17(39)11-22(18)55-36(25)16-4-5-19(40)21(42)9-16/h3-12,26-27,30-35,37-38,40-42,44-50H,13-14H2,1-2H3. The lowest BCUT2D eigenvalue weighted by atomic mass is 9.98. The number of aromatic hydroxyl groups is 4. The number of ether oxygens (including phenoxy) is 7. The summed E-state index contributed by atoms with van der Waals surface area (Å²) in [6.07, 6.45) is -15.4. The van der Waals surface area contributed by atoms with E-state index in [4.69, 9.17) is 37.6 Å². The van der Waals surface area contributed by atoms with E-state index in [9.17, 15) is 60.7 Å². The van der Waals surface area contributed by atoms with Crippen LogP contribution in [0.15, 0.2) is 63.8 Å². The van der Waals surface area contributed by atoms with Crippen molar-refractivity contribution < 1.29 is 93.4 Å². The summed E-state index contributed by atoms with van der Waals surface area (Å²) in [6.45, 7) is -1.33. The first-order valence-corrected chi connectivity index (χ1v) is 17.4. The number of aliphatic hydroxyl groups excluding tert-OH is 6. The summed E-state index contributed by atoms with van der Waals surface area (Å²) < 4.78 is 44.0. The van der Waals surface area contributed by atoms with Crippen molar-refractivity contribution in [1.29, 1.82) is 0 Å². The molecule has 3 aliphatic heterocycles. The number of esters is 1. The van der Waals surface area contributed by atoms with Gasteiger partial charge in [0, 0.05) is 23.8 Å². The number of benzene rings is 3. The predicted octanol–water partition coefficient (Wildman–Crippen LogP) is -0.482. The van der Waals surface area contributed by atoms with Gasteiger partial charge in [0.25, 0.3) is 0 Å². The Labute approximate surface area is 327 Å². The van der Waals surface area contributed by atoms with Gasteiger partial charge in [0.2, 0.25) is 12.0 Å². The zero-order valence-corrected chi connectivity index (χ0v) is 30.5. The number of hydrogen-bond acceptors (Lipinski definition) is 20. The van der Waals surface area contributed by atoms with Gasteiger partial charge in [-0.05, 0) is 48.0 Å². The van der Waals surface area contributed by atoms with E-state index in [1.54, 1.807) is 0 Å². The minimum Gasteiger partial charge on any atom is -0.507 e. The number of aliphatic hydroxyl groups is 6. The number of hydrogen-bond donors (Lipinski definition) is 10. The van der Waals surface area contributed by atoms with Crippen LogP contribution < -0.4 is 19.6 Å². The molecule has 0 bridgehead atoms. The summed E-state index contributed by atoms with van der Waals surface area (Å²) in [5.41, 5.74) is -0.138. The van der Waals surface area contributed by atoms with Crippen LogP contribution in [0, 0.1) is 0 Å². The van der Waals surface area contributed by atoms with Gasteiger partial charge < -0.3 is 88.6 Å². The predicted molar refractivity (Wildman–Crippen MR) is 193 cm³/mol. The second-order valence-electron chi connectivity index (χ2n) is 13.2. The van der Waals surface area contributed by atoms with Gasteiger partial charge in [-0.3, -0.25) is 4.79 Å². The van der Waals surface area contributed by atoms with Crippen molar-refractivity contribution in [2.24, 2.45) is 0 Å². The highest BCUT2D eigenvalue weighted by Crippen LogP contribution is 2.43. The number of carbonyl (C=O) groups excluding carboxylic acids is 1. The number of methoxy groups -OCH3 is 2. The summed E-state index contributed by atoms with van der Waals surface area (Å²) in [7, 11) is 2.65. The van der Waals surface area contributed by atoms with Gasteiger partial charge in [-0.2, -0.15) is 0 Å². The Morgan fingerprint density at radius 3 is 1.95 bits per heavy atom. The van der Waals surface area contributed by atoms with E-state index in [0.717, 1.165) is 30.3 Å². The van der Waals surface area contributed by atoms with Crippen LogP contribution in [0.2, 0.25) is 0 Å². The van der Waals surface area contributed by atoms with Crippen LogP contribution >= 0.6 is 0 Å². The van der Waals surface area contributed by atoms with E-state index in [1.165, 1.54) is 44.6 Å². The maximum Gasteiger partial charge on any atom is 0.330 e. The molecular weight excluding hydrogens is 776 g/mol. The van der Waals surface area contributed by atoms with Gasteiger partial charge in [-0.1, -0.05) is 0 Å². The SMILES string of the molecule is COc1cc(C=CC(=O)OCC2OC(OCC3OC(Oc4cc5c(O)cc(=O)cc-5oc4-c4ccc(O)c(O)c4)C(O)C(O)C3O)C(O)C(O)C2O)cc(OC)c1O. The average molecular weight is 817 g/mol. The van der Waals surface area contributed by atoms with E-state index in [2.05, 4.69) is 0 Å². The Hall–Kier alpha value is -5.68. The molecule has 4 aliphatic rings. The molecule has 10 atom stereocenters. The number of carbonyl (C=O) groups is 1. The lowest BCUT2D eigenvalue weighted by molar-refractivity contribution is -0.323. The molecule has 2 fully saturated rings. The highest BCUT2D eigenvalue weighted by atomic mass is 16.7. The Morgan fingerprint density at radius 2 is 1.31 bits per heavy atom. The molecule has 20 heteroatoms. The molecule has 0 saturated carbocycles. The summed E-state index contributed by atoms with van der Waals surface area (Å²) in [6, 6.07) is 9.59. The molecule has 0 spiro atoms. The van der Waals surface area contributed by atoms with E-state index in [1.807, 2.05) is 0 Å². The number of phenols is 4. The quantitative estimate of drug-likeness (QED) is 0.0490. The normalized spacial score (nSPS) is 27.4. The smallest absolute Gasteiger partial charge is 0.330 e. The van der Waals surface area contributed by atoms with Gasteiger partial charge in [0.05, 0.1) is 26.4 Å². The minimum atomic E-state index is -1.93. The Balaban J connectivity index is 1.14. The fourth-order valence-corrected chi connectivity index (χ4v) is 6.17. The van der Waals surface area contributed by atoms with Crippen LogP contribution in [0.3, 0.4) is 0 Å². The first-order valence-electron chi connectivity index (χ1n) is 17.4. The molecular formula is C38H40O20. The van der Waals surface area contributed by atoms with Crippen LogP contribution in [0.25, 0.3) is 28.7 Å². The van der Waals surface area contributed by atoms with Crippen LogP contribution in [0.5, 0.6) is 40.2 Å². The van der Waals surface area contributed by atoms with Gasteiger partial charge >= 0.3 is 5.97 Å². The summed E-state index contributed by atoms with van der Waals surface area (Å²) in [5.74, 6) is -3.09. The molecule has 10 N–H and O–H groups in total. The average Bonchev–Trinajstić information content (AvgIpc) is 3.20. The third kappa shape index (κ3) is 8.74. The lowest BCUT2D eigenvalue weighted by Gasteiger charge is -2.42. The molecule has 1 aliphatic carbocycles. The number of phenolic OH excluding ortho intramolecular Hbond substituents is 4. The van der Waals surface area contributed by atoms with Crippen molar-refractivity contribution in [3.63, 3.8) is 0 Å². The van der Waals surface area contributed by atoms with Crippen LogP contribution in [0.1, 0.15) is 5.56 Å². The molecule has 2 saturated heterocycles. The summed E-state index contributed by atoms with van der Waals surface area (Å²) >= 11 is 0. The first-order chi connectivity index (χ1) is 27.6. The second kappa shape index (κ2) is 17.4. The zero-order valence-electron chi connectivity index (χ0n) is 30.5. The Kier molecular flexibility index (Phi) is 12.6. The molecule has 0 radical (unpaired) electrons. The van der Waals surface area contributed by atoms with Crippen molar-refractivity contribution in [2.45, 2.75) is 61.4 Å². The highest BCUT2D eigenvalue weighted by Gasteiger charge is 2.48. The van der Waals surface area contributed by atoms with Crippen molar-refractivity contribution >= 4 is 12.0 Å². The van der Waals surface area contributed by atoms with Gasteiger partial charge in [-0.15, -0.1) is 0 Å².